The Balaban J connectivity index is 2.27. The van der Waals surface area contributed by atoms with Crippen LogP contribution >= 0.6 is 0 Å². The van der Waals surface area contributed by atoms with Crippen LogP contribution in [0.2, 0.25) is 0 Å². The van der Waals surface area contributed by atoms with Gasteiger partial charge in [0.25, 0.3) is 0 Å². The summed E-state index contributed by atoms with van der Waals surface area (Å²) in [5.41, 5.74) is 1.14. The summed E-state index contributed by atoms with van der Waals surface area (Å²) in [4.78, 5) is 0. The fourth-order valence-corrected chi connectivity index (χ4v) is 3.51. The number of benzene rings is 1. The molecule has 0 aromatic heterocycles. The lowest BCUT2D eigenvalue weighted by Gasteiger charge is -2.33. The van der Waals surface area contributed by atoms with Gasteiger partial charge in [-0.2, -0.15) is 0 Å². The molecule has 0 saturated carbocycles. The van der Waals surface area contributed by atoms with Crippen LogP contribution in [0.1, 0.15) is 31.9 Å². The molecule has 1 aromatic rings. The van der Waals surface area contributed by atoms with Gasteiger partial charge in [-0.05, 0) is 19.0 Å². The predicted molar refractivity (Wildman–Crippen MR) is 75.4 cm³/mol. The highest BCUT2D eigenvalue weighted by atomic mass is 32.2. The largest absolute Gasteiger partial charge is 0.492 e. The van der Waals surface area contributed by atoms with Crippen molar-refractivity contribution in [2.45, 2.75) is 31.6 Å². The van der Waals surface area contributed by atoms with E-state index in [9.17, 15) is 4.21 Å². The molecule has 18 heavy (non-hydrogen) atoms. The van der Waals surface area contributed by atoms with Crippen molar-refractivity contribution in [1.82, 2.24) is 5.32 Å². The molecule has 1 heterocycles. The second kappa shape index (κ2) is 6.34. The summed E-state index contributed by atoms with van der Waals surface area (Å²) in [6, 6.07) is 8.20. The monoisotopic (exact) mass is 267 g/mol. The van der Waals surface area contributed by atoms with Crippen molar-refractivity contribution in [3.8, 4) is 5.75 Å². The fourth-order valence-electron chi connectivity index (χ4n) is 2.32. The van der Waals surface area contributed by atoms with E-state index in [1.807, 2.05) is 25.1 Å². The summed E-state index contributed by atoms with van der Waals surface area (Å²) in [6.45, 7) is 5.59. The van der Waals surface area contributed by atoms with Crippen molar-refractivity contribution in [3.63, 3.8) is 0 Å². The molecule has 100 valence electrons. The summed E-state index contributed by atoms with van der Waals surface area (Å²) in [5.74, 6) is 1.61. The second-order valence-corrected chi connectivity index (χ2v) is 6.43. The van der Waals surface area contributed by atoms with Gasteiger partial charge in [-0.1, -0.05) is 32.0 Å². The lowest BCUT2D eigenvalue weighted by molar-refractivity contribution is 0.258. The molecule has 2 rings (SSSR count). The number of ether oxygens (including phenoxy) is 1. The number of hydrogen-bond donors (Lipinski definition) is 1. The average Bonchev–Trinajstić information content (AvgIpc) is 2.43. The first-order valence-corrected chi connectivity index (χ1v) is 7.98. The van der Waals surface area contributed by atoms with Gasteiger partial charge in [-0.15, -0.1) is 0 Å². The molecule has 1 N–H and O–H groups in total. The van der Waals surface area contributed by atoms with E-state index in [2.05, 4.69) is 18.3 Å². The molecule has 1 aliphatic heterocycles. The summed E-state index contributed by atoms with van der Waals surface area (Å²) in [6.07, 6.45) is 1.07. The van der Waals surface area contributed by atoms with Crippen molar-refractivity contribution < 1.29 is 8.95 Å². The first-order valence-electron chi connectivity index (χ1n) is 6.60. The first-order chi connectivity index (χ1) is 8.77. The van der Waals surface area contributed by atoms with E-state index in [1.54, 1.807) is 0 Å². The molecule has 0 aliphatic carbocycles. The molecule has 4 heteroatoms. The van der Waals surface area contributed by atoms with Crippen LogP contribution in [0.4, 0.5) is 0 Å². The van der Waals surface area contributed by atoms with Crippen molar-refractivity contribution in [3.05, 3.63) is 29.8 Å². The fraction of sp³-hybridized carbons (Fsp3) is 0.571. The molecule has 0 saturated heterocycles. The molecule has 3 nitrogen and oxygen atoms in total. The molecule has 0 amide bonds. The van der Waals surface area contributed by atoms with Crippen molar-refractivity contribution in [2.24, 2.45) is 0 Å². The van der Waals surface area contributed by atoms with Gasteiger partial charge in [0.05, 0.1) is 11.3 Å². The van der Waals surface area contributed by atoms with Gasteiger partial charge in [0.15, 0.2) is 0 Å². The standard InChI is InChI=1S/C14H21NO2S/c1-3-9-15-14-11-7-5-6-8-12(11)17-10-13(14)18(16)4-2/h5-8,13-15H,3-4,9-10H2,1-2H3. The van der Waals surface area contributed by atoms with Crippen LogP contribution in [0.25, 0.3) is 0 Å². The zero-order valence-corrected chi connectivity index (χ0v) is 11.8. The Morgan fingerprint density at radius 3 is 2.89 bits per heavy atom. The highest BCUT2D eigenvalue weighted by Crippen LogP contribution is 2.34. The topological polar surface area (TPSA) is 38.3 Å². The van der Waals surface area contributed by atoms with E-state index in [0.29, 0.717) is 12.4 Å². The minimum Gasteiger partial charge on any atom is -0.492 e. The third-order valence-corrected chi connectivity index (χ3v) is 4.92. The Morgan fingerprint density at radius 1 is 1.39 bits per heavy atom. The van der Waals surface area contributed by atoms with E-state index in [-0.39, 0.29) is 11.3 Å². The molecule has 0 bridgehead atoms. The van der Waals surface area contributed by atoms with Gasteiger partial charge in [0, 0.05) is 22.1 Å². The highest BCUT2D eigenvalue weighted by Gasteiger charge is 2.33. The summed E-state index contributed by atoms with van der Waals surface area (Å²) in [7, 11) is -0.842. The molecule has 0 spiro atoms. The zero-order valence-electron chi connectivity index (χ0n) is 11.0. The van der Waals surface area contributed by atoms with Gasteiger partial charge in [-0.25, -0.2) is 0 Å². The third kappa shape index (κ3) is 2.75. The highest BCUT2D eigenvalue weighted by molar-refractivity contribution is 7.85. The molecule has 3 unspecified atom stereocenters. The number of nitrogens with one attached hydrogen (secondary N) is 1. The second-order valence-electron chi connectivity index (χ2n) is 4.49. The maximum absolute atomic E-state index is 12.1. The van der Waals surface area contributed by atoms with Crippen LogP contribution in [0.5, 0.6) is 5.75 Å². The molecular weight excluding hydrogens is 246 g/mol. The van der Waals surface area contributed by atoms with Crippen LogP contribution < -0.4 is 10.1 Å². The minimum atomic E-state index is -0.842. The van der Waals surface area contributed by atoms with Gasteiger partial charge in [0.1, 0.15) is 12.4 Å². The van der Waals surface area contributed by atoms with Crippen LogP contribution in [0, 0.1) is 0 Å². The lowest BCUT2D eigenvalue weighted by atomic mass is 10.00. The number of para-hydroxylation sites is 1. The molecule has 3 atom stereocenters. The molecule has 0 fully saturated rings. The van der Waals surface area contributed by atoms with Gasteiger partial charge >= 0.3 is 0 Å². The Labute approximate surface area is 111 Å². The summed E-state index contributed by atoms with van der Waals surface area (Å²) < 4.78 is 17.9. The summed E-state index contributed by atoms with van der Waals surface area (Å²) in [5, 5.41) is 3.57. The van der Waals surface area contributed by atoms with E-state index in [1.165, 1.54) is 0 Å². The minimum absolute atomic E-state index is 0.0523. The molecule has 1 aromatic carbocycles. The number of rotatable bonds is 5. The zero-order chi connectivity index (χ0) is 13.0. The summed E-state index contributed by atoms with van der Waals surface area (Å²) >= 11 is 0. The SMILES string of the molecule is CCCNC1c2ccccc2OCC1S(=O)CC. The number of hydrogen-bond acceptors (Lipinski definition) is 3. The van der Waals surface area contributed by atoms with Crippen molar-refractivity contribution >= 4 is 10.8 Å². The van der Waals surface area contributed by atoms with Crippen molar-refractivity contribution in [2.75, 3.05) is 18.9 Å². The van der Waals surface area contributed by atoms with E-state index in [0.717, 1.165) is 24.3 Å². The maximum atomic E-state index is 12.1. The Kier molecular flexibility index (Phi) is 4.78. The van der Waals surface area contributed by atoms with Gasteiger partial charge in [-0.3, -0.25) is 4.21 Å². The average molecular weight is 267 g/mol. The van der Waals surface area contributed by atoms with Crippen LogP contribution in [-0.4, -0.2) is 28.4 Å². The van der Waals surface area contributed by atoms with Crippen LogP contribution in [0.15, 0.2) is 24.3 Å². The first kappa shape index (κ1) is 13.6. The predicted octanol–water partition coefficient (Wildman–Crippen LogP) is 2.26. The quantitative estimate of drug-likeness (QED) is 0.889. The van der Waals surface area contributed by atoms with Gasteiger partial charge in [0.2, 0.25) is 0 Å². The van der Waals surface area contributed by atoms with Gasteiger partial charge < -0.3 is 10.1 Å². The third-order valence-electron chi connectivity index (χ3n) is 3.27. The number of fused-ring (bicyclic) bond motifs is 1. The Bertz CT molecular complexity index is 422. The maximum Gasteiger partial charge on any atom is 0.124 e. The normalized spacial score (nSPS) is 24.1. The van der Waals surface area contributed by atoms with E-state index in [4.69, 9.17) is 4.74 Å². The Morgan fingerprint density at radius 2 is 2.17 bits per heavy atom. The smallest absolute Gasteiger partial charge is 0.124 e. The van der Waals surface area contributed by atoms with Crippen LogP contribution in [0.3, 0.4) is 0 Å². The Hall–Kier alpha value is -0.870. The molecule has 1 aliphatic rings. The van der Waals surface area contributed by atoms with Crippen molar-refractivity contribution in [1.29, 1.82) is 0 Å². The molecule has 0 radical (unpaired) electrons. The van der Waals surface area contributed by atoms with Crippen LogP contribution in [-0.2, 0) is 10.8 Å². The lowest BCUT2D eigenvalue weighted by Crippen LogP contribution is -2.42. The van der Waals surface area contributed by atoms with E-state index < -0.39 is 10.8 Å². The molecular formula is C14H21NO2S. The van der Waals surface area contributed by atoms with E-state index >= 15 is 0 Å².